The third-order valence-corrected chi connectivity index (χ3v) is 7.55. The average molecular weight is 528 g/mol. The molecule has 2 aromatic carbocycles. The molecular weight excluding hydrogens is 506 g/mol. The monoisotopic (exact) mass is 528 g/mol. The van der Waals surface area contributed by atoms with E-state index in [0.717, 1.165) is 28.7 Å². The van der Waals surface area contributed by atoms with Crippen LogP contribution >= 0.6 is 0 Å². The van der Waals surface area contributed by atoms with E-state index in [1.54, 1.807) is 12.1 Å². The Bertz CT molecular complexity index is 1250. The molecule has 2 N–H and O–H groups in total. The molecule has 0 radical (unpaired) electrons. The maximum atomic E-state index is 16.2. The molecule has 3 saturated carbocycles. The number of aliphatic hydroxyl groups excluding tert-OH is 1. The van der Waals surface area contributed by atoms with Crippen LogP contribution in [-0.4, -0.2) is 55.5 Å². The number of benzene rings is 2. The zero-order valence-corrected chi connectivity index (χ0v) is 19.2. The van der Waals surface area contributed by atoms with E-state index in [-0.39, 0.29) is 25.0 Å². The van der Waals surface area contributed by atoms with Gasteiger partial charge in [-0.1, -0.05) is 12.1 Å². The van der Waals surface area contributed by atoms with E-state index in [4.69, 9.17) is 9.84 Å². The smallest absolute Gasteiger partial charge is 0.287 e. The van der Waals surface area contributed by atoms with Gasteiger partial charge in [-0.15, -0.1) is 5.10 Å². The van der Waals surface area contributed by atoms with Gasteiger partial charge in [-0.05, 0) is 64.9 Å². The normalized spacial score (nSPS) is 25.2. The Hall–Kier alpha value is -3.19. The van der Waals surface area contributed by atoms with E-state index in [2.05, 4.69) is 15.5 Å². The van der Waals surface area contributed by atoms with Gasteiger partial charge < -0.3 is 14.9 Å². The van der Waals surface area contributed by atoms with Crippen molar-refractivity contribution in [1.82, 2.24) is 20.2 Å². The molecule has 37 heavy (non-hydrogen) atoms. The summed E-state index contributed by atoms with van der Waals surface area (Å²) in [4.78, 5) is 0. The summed E-state index contributed by atoms with van der Waals surface area (Å²) in [5.74, 6) is -5.90. The van der Waals surface area contributed by atoms with Crippen molar-refractivity contribution in [2.45, 2.75) is 55.3 Å². The van der Waals surface area contributed by atoms with Crippen LogP contribution in [-0.2, 0) is 17.6 Å². The Balaban J connectivity index is 1.36. The van der Waals surface area contributed by atoms with E-state index in [1.807, 2.05) is 0 Å². The molecule has 0 amide bonds. The molecule has 0 unspecified atom stereocenters. The molecule has 3 fully saturated rings. The molecule has 3 aromatic rings. The van der Waals surface area contributed by atoms with E-state index < -0.39 is 65.2 Å². The highest BCUT2D eigenvalue weighted by Crippen LogP contribution is 2.80. The van der Waals surface area contributed by atoms with E-state index >= 15 is 8.78 Å². The lowest BCUT2D eigenvalue weighted by molar-refractivity contribution is -0.347. The van der Waals surface area contributed by atoms with Gasteiger partial charge >= 0.3 is 0 Å². The first-order valence-corrected chi connectivity index (χ1v) is 11.4. The average Bonchev–Trinajstić information content (AvgIpc) is 3.28. The molecule has 0 saturated heterocycles. The van der Waals surface area contributed by atoms with Crippen molar-refractivity contribution in [3.8, 4) is 5.75 Å². The topological polar surface area (TPSA) is 93.3 Å². The minimum Gasteiger partial charge on any atom is -0.491 e. The first kappa shape index (κ1) is 25.5. The summed E-state index contributed by atoms with van der Waals surface area (Å²) < 4.78 is 91.4. The fourth-order valence-electron chi connectivity index (χ4n) is 5.69. The molecule has 1 aromatic heterocycles. The fraction of sp³-hybridized carbons (Fsp3) is 0.458. The Morgan fingerprint density at radius 1 is 1.05 bits per heavy atom. The van der Waals surface area contributed by atoms with Crippen LogP contribution in [0.5, 0.6) is 5.75 Å². The highest BCUT2D eigenvalue weighted by Gasteiger charge is 2.82. The second-order valence-corrected chi connectivity index (χ2v) is 9.89. The van der Waals surface area contributed by atoms with Gasteiger partial charge in [0.2, 0.25) is 0 Å². The molecule has 6 rings (SSSR count). The largest absolute Gasteiger partial charge is 0.491 e. The zero-order chi connectivity index (χ0) is 26.6. The van der Waals surface area contributed by atoms with Gasteiger partial charge in [0.1, 0.15) is 36.4 Å². The standard InChI is InChI=1S/C24H22F6N4O3/c25-15-3-6-17(18(26)7-15)23(36,12-34-13-31-32-33-34)24(29,30)22-9-21(10-22,11-22)14-1-4-16(5-2-14)37-8-19(35)20(27)28/h1-7,13,19-20,35-36H,8-12H2/t19-,21?,22?,23-/m1/s1. The lowest BCUT2D eigenvalue weighted by atomic mass is 9.30. The Kier molecular flexibility index (Phi) is 5.98. The summed E-state index contributed by atoms with van der Waals surface area (Å²) in [6, 6.07) is 8.31. The van der Waals surface area contributed by atoms with Gasteiger partial charge in [-0.2, -0.15) is 0 Å². The second-order valence-electron chi connectivity index (χ2n) is 9.89. The lowest BCUT2D eigenvalue weighted by Crippen LogP contribution is -2.76. The van der Waals surface area contributed by atoms with Crippen LogP contribution in [0, 0.1) is 17.0 Å². The third-order valence-electron chi connectivity index (χ3n) is 7.55. The first-order chi connectivity index (χ1) is 17.4. The minimum absolute atomic E-state index is 0.00195. The quantitative estimate of drug-likeness (QED) is 0.391. The van der Waals surface area contributed by atoms with Crippen molar-refractivity contribution in [2.75, 3.05) is 6.61 Å². The van der Waals surface area contributed by atoms with Crippen LogP contribution in [0.15, 0.2) is 48.8 Å². The number of aliphatic hydroxyl groups is 2. The Morgan fingerprint density at radius 3 is 2.30 bits per heavy atom. The van der Waals surface area contributed by atoms with Crippen molar-refractivity contribution in [1.29, 1.82) is 0 Å². The van der Waals surface area contributed by atoms with Crippen molar-refractivity contribution < 1.29 is 41.3 Å². The predicted octanol–water partition coefficient (Wildman–Crippen LogP) is 3.60. The minimum atomic E-state index is -3.85. The van der Waals surface area contributed by atoms with Crippen LogP contribution in [0.2, 0.25) is 0 Å². The van der Waals surface area contributed by atoms with Crippen LogP contribution in [0.1, 0.15) is 30.4 Å². The summed E-state index contributed by atoms with van der Waals surface area (Å²) in [6.07, 6.45) is -3.87. The van der Waals surface area contributed by atoms with Crippen molar-refractivity contribution >= 4 is 0 Å². The van der Waals surface area contributed by atoms with Gasteiger partial charge in [-0.25, -0.2) is 31.0 Å². The van der Waals surface area contributed by atoms with Crippen molar-refractivity contribution in [3.63, 3.8) is 0 Å². The van der Waals surface area contributed by atoms with Gasteiger partial charge in [0.25, 0.3) is 12.3 Å². The fourth-order valence-corrected chi connectivity index (χ4v) is 5.69. The maximum Gasteiger partial charge on any atom is 0.287 e. The van der Waals surface area contributed by atoms with E-state index in [9.17, 15) is 22.7 Å². The van der Waals surface area contributed by atoms with Gasteiger partial charge in [-0.3, -0.25) is 0 Å². The van der Waals surface area contributed by atoms with Gasteiger partial charge in [0.15, 0.2) is 5.60 Å². The number of ether oxygens (including phenoxy) is 1. The van der Waals surface area contributed by atoms with Gasteiger partial charge in [0, 0.05) is 17.0 Å². The maximum absolute atomic E-state index is 16.2. The molecule has 0 aliphatic heterocycles. The summed E-state index contributed by atoms with van der Waals surface area (Å²) in [5.41, 5.74) is -5.35. The van der Waals surface area contributed by atoms with Crippen LogP contribution < -0.4 is 4.74 Å². The molecule has 13 heteroatoms. The van der Waals surface area contributed by atoms with E-state index in [1.165, 1.54) is 12.1 Å². The molecule has 3 aliphatic carbocycles. The summed E-state index contributed by atoms with van der Waals surface area (Å²) in [5, 5.41) is 30.8. The molecule has 3 aliphatic rings. The highest BCUT2D eigenvalue weighted by atomic mass is 19.3. The van der Waals surface area contributed by atoms with Crippen LogP contribution in [0.25, 0.3) is 0 Å². The number of tetrazole rings is 1. The third kappa shape index (κ3) is 3.95. The van der Waals surface area contributed by atoms with Crippen LogP contribution in [0.3, 0.4) is 0 Å². The first-order valence-electron chi connectivity index (χ1n) is 11.4. The van der Waals surface area contributed by atoms with E-state index in [0.29, 0.717) is 6.07 Å². The number of hydrogen-bond donors (Lipinski definition) is 2. The Morgan fingerprint density at radius 2 is 1.73 bits per heavy atom. The summed E-state index contributed by atoms with van der Waals surface area (Å²) in [6.45, 7) is -1.46. The molecule has 7 nitrogen and oxygen atoms in total. The number of alkyl halides is 4. The second kappa shape index (κ2) is 8.69. The number of aromatic nitrogens is 4. The van der Waals surface area contributed by atoms with Crippen molar-refractivity contribution in [2.24, 2.45) is 5.41 Å². The van der Waals surface area contributed by atoms with Crippen LogP contribution in [0.4, 0.5) is 26.3 Å². The number of halogens is 6. The lowest BCUT2D eigenvalue weighted by Gasteiger charge is -2.74. The molecular formula is C24H22F6N4O3. The molecule has 0 spiro atoms. The van der Waals surface area contributed by atoms with Crippen molar-refractivity contribution in [3.05, 3.63) is 71.6 Å². The summed E-state index contributed by atoms with van der Waals surface area (Å²) >= 11 is 0. The molecule has 2 atom stereocenters. The Labute approximate surface area is 206 Å². The zero-order valence-electron chi connectivity index (χ0n) is 19.2. The number of nitrogens with zero attached hydrogens (tertiary/aromatic N) is 4. The molecule has 1 heterocycles. The predicted molar refractivity (Wildman–Crippen MR) is 115 cm³/mol. The molecule has 2 bridgehead atoms. The highest BCUT2D eigenvalue weighted by molar-refractivity contribution is 5.44. The summed E-state index contributed by atoms with van der Waals surface area (Å²) in [7, 11) is 0. The number of hydrogen-bond acceptors (Lipinski definition) is 6. The number of rotatable bonds is 10. The SMILES string of the molecule is O[C@H](COc1ccc(C23CC(C(F)(F)[C@@](O)(Cn4cnnn4)c4ccc(F)cc4F)(C2)C3)cc1)C(F)F. The molecule has 198 valence electrons. The van der Waals surface area contributed by atoms with Gasteiger partial charge in [0.05, 0.1) is 6.54 Å².